The Morgan fingerprint density at radius 1 is 1.10 bits per heavy atom. The summed E-state index contributed by atoms with van der Waals surface area (Å²) in [5.41, 5.74) is 3.19. The van der Waals surface area contributed by atoms with Gasteiger partial charge in [-0.25, -0.2) is 0 Å². The maximum Gasteiger partial charge on any atom is 0.134 e. The number of fused-ring (bicyclic) bond motifs is 1. The van der Waals surface area contributed by atoms with Crippen molar-refractivity contribution in [3.63, 3.8) is 0 Å². The molecule has 4 heteroatoms. The summed E-state index contributed by atoms with van der Waals surface area (Å²) in [5, 5.41) is 5.64. The van der Waals surface area contributed by atoms with Gasteiger partial charge in [-0.3, -0.25) is 0 Å². The largest absolute Gasteiger partial charge is 0.464 e. The molecule has 0 saturated heterocycles. The van der Waals surface area contributed by atoms with Gasteiger partial charge in [-0.1, -0.05) is 47.5 Å². The van der Waals surface area contributed by atoms with Gasteiger partial charge in [-0.05, 0) is 37.2 Å². The molecule has 1 heterocycles. The molecule has 1 aromatic heterocycles. The molecule has 2 aromatic carbocycles. The van der Waals surface area contributed by atoms with Crippen LogP contribution >= 0.6 is 23.2 Å². The summed E-state index contributed by atoms with van der Waals surface area (Å²) < 4.78 is 5.63. The molecule has 0 radical (unpaired) electrons. The molecule has 2 nitrogen and oxygen atoms in total. The molecule has 0 spiro atoms. The van der Waals surface area contributed by atoms with Crippen molar-refractivity contribution < 1.29 is 4.42 Å². The van der Waals surface area contributed by atoms with Crippen molar-refractivity contribution in [3.8, 4) is 0 Å². The lowest BCUT2D eigenvalue weighted by atomic mass is 9.98. The first-order valence-electron chi connectivity index (χ1n) is 6.76. The van der Waals surface area contributed by atoms with E-state index in [-0.39, 0.29) is 6.04 Å². The van der Waals surface area contributed by atoms with E-state index in [1.54, 1.807) is 0 Å². The summed E-state index contributed by atoms with van der Waals surface area (Å²) in [5.74, 6) is 0. The predicted octanol–water partition coefficient (Wildman–Crippen LogP) is 5.24. The van der Waals surface area contributed by atoms with Crippen molar-refractivity contribution in [1.29, 1.82) is 0 Å². The smallest absolute Gasteiger partial charge is 0.134 e. The van der Waals surface area contributed by atoms with Crippen LogP contribution in [0.4, 0.5) is 0 Å². The Kier molecular flexibility index (Phi) is 4.20. The van der Waals surface area contributed by atoms with Gasteiger partial charge in [0, 0.05) is 17.0 Å². The summed E-state index contributed by atoms with van der Waals surface area (Å²) in [6.07, 6.45) is 2.64. The highest BCUT2D eigenvalue weighted by atomic mass is 35.5. The lowest BCUT2D eigenvalue weighted by Crippen LogP contribution is -2.18. The van der Waals surface area contributed by atoms with Gasteiger partial charge in [0.15, 0.2) is 0 Å². The Hall–Kier alpha value is -1.48. The van der Waals surface area contributed by atoms with Crippen LogP contribution in [0.3, 0.4) is 0 Å². The Bertz CT molecular complexity index is 766. The van der Waals surface area contributed by atoms with Gasteiger partial charge in [-0.2, -0.15) is 0 Å². The quantitative estimate of drug-likeness (QED) is 0.711. The van der Waals surface area contributed by atoms with Crippen molar-refractivity contribution in [2.24, 2.45) is 0 Å². The second-order valence-corrected chi connectivity index (χ2v) is 5.80. The number of benzene rings is 2. The molecular weight excluding hydrogens is 305 g/mol. The van der Waals surface area contributed by atoms with E-state index in [9.17, 15) is 0 Å². The third-order valence-electron chi connectivity index (χ3n) is 3.66. The van der Waals surface area contributed by atoms with E-state index in [1.165, 1.54) is 0 Å². The zero-order valence-electron chi connectivity index (χ0n) is 11.6. The molecule has 1 N–H and O–H groups in total. The second kappa shape index (κ2) is 6.10. The van der Waals surface area contributed by atoms with Crippen LogP contribution in [0, 0.1) is 0 Å². The second-order valence-electron chi connectivity index (χ2n) is 4.98. The van der Waals surface area contributed by atoms with Crippen molar-refractivity contribution >= 4 is 34.2 Å². The van der Waals surface area contributed by atoms with Crippen LogP contribution in [-0.2, 0) is 6.42 Å². The van der Waals surface area contributed by atoms with E-state index in [4.69, 9.17) is 27.6 Å². The number of likely N-dealkylation sites (N-methyl/N-ethyl adjacent to an activating group) is 1. The third-order valence-corrected chi connectivity index (χ3v) is 4.40. The molecule has 0 saturated carbocycles. The lowest BCUT2D eigenvalue weighted by Gasteiger charge is -2.15. The van der Waals surface area contributed by atoms with Crippen molar-refractivity contribution in [3.05, 3.63) is 69.9 Å². The molecule has 108 valence electrons. The summed E-state index contributed by atoms with van der Waals surface area (Å²) in [4.78, 5) is 0. The van der Waals surface area contributed by atoms with Crippen LogP contribution in [0.5, 0.6) is 0 Å². The van der Waals surface area contributed by atoms with E-state index in [1.807, 2.05) is 49.7 Å². The number of rotatable bonds is 4. The van der Waals surface area contributed by atoms with E-state index in [0.717, 1.165) is 28.5 Å². The molecule has 3 rings (SSSR count). The highest BCUT2D eigenvalue weighted by Gasteiger charge is 2.16. The molecule has 0 aliphatic carbocycles. The van der Waals surface area contributed by atoms with E-state index in [2.05, 4.69) is 11.4 Å². The normalized spacial score (nSPS) is 12.7. The molecule has 0 aliphatic heterocycles. The molecule has 0 aliphatic rings. The first kappa shape index (κ1) is 14.5. The van der Waals surface area contributed by atoms with Crippen molar-refractivity contribution in [2.45, 2.75) is 12.5 Å². The van der Waals surface area contributed by atoms with Gasteiger partial charge in [-0.15, -0.1) is 0 Å². The van der Waals surface area contributed by atoms with Gasteiger partial charge in [0.25, 0.3) is 0 Å². The van der Waals surface area contributed by atoms with Gasteiger partial charge in [0.2, 0.25) is 0 Å². The zero-order valence-corrected chi connectivity index (χ0v) is 13.1. The summed E-state index contributed by atoms with van der Waals surface area (Å²) >= 11 is 12.1. The molecule has 0 bridgehead atoms. The molecular formula is C17H15Cl2NO. The van der Waals surface area contributed by atoms with Crippen LogP contribution in [0.15, 0.2) is 53.1 Å². The van der Waals surface area contributed by atoms with E-state index >= 15 is 0 Å². The van der Waals surface area contributed by atoms with Crippen LogP contribution < -0.4 is 5.32 Å². The molecule has 1 unspecified atom stereocenters. The van der Waals surface area contributed by atoms with Crippen LogP contribution in [0.25, 0.3) is 11.0 Å². The highest BCUT2D eigenvalue weighted by Crippen LogP contribution is 2.30. The van der Waals surface area contributed by atoms with Crippen LogP contribution in [0.2, 0.25) is 10.0 Å². The Labute approximate surface area is 133 Å². The monoisotopic (exact) mass is 319 g/mol. The molecule has 0 fully saturated rings. The average Bonchev–Trinajstić information content (AvgIpc) is 2.92. The maximum absolute atomic E-state index is 6.09. The molecule has 21 heavy (non-hydrogen) atoms. The fourth-order valence-electron chi connectivity index (χ4n) is 2.54. The maximum atomic E-state index is 6.09. The lowest BCUT2D eigenvalue weighted by molar-refractivity contribution is 0.563. The van der Waals surface area contributed by atoms with Crippen LogP contribution in [0.1, 0.15) is 17.2 Å². The fraction of sp³-hybridized carbons (Fsp3) is 0.176. The average molecular weight is 320 g/mol. The van der Waals surface area contributed by atoms with E-state index in [0.29, 0.717) is 10.0 Å². The summed E-state index contributed by atoms with van der Waals surface area (Å²) in [6.45, 7) is 0. The molecule has 1 atom stereocenters. The van der Waals surface area contributed by atoms with Gasteiger partial charge < -0.3 is 9.73 Å². The minimum atomic E-state index is 0.158. The zero-order chi connectivity index (χ0) is 14.8. The predicted molar refractivity (Wildman–Crippen MR) is 88.2 cm³/mol. The topological polar surface area (TPSA) is 25.2 Å². The summed E-state index contributed by atoms with van der Waals surface area (Å²) in [7, 11) is 1.95. The number of nitrogens with one attached hydrogen (secondary N) is 1. The number of hydrogen-bond acceptors (Lipinski definition) is 2. The number of halogens is 2. The van der Waals surface area contributed by atoms with Gasteiger partial charge in [0.05, 0.1) is 16.3 Å². The number of hydrogen-bond donors (Lipinski definition) is 1. The standard InChI is InChI=1S/C17H15Cl2NO/c1-20-16(9-11-6-7-14(18)15(19)8-11)13-10-21-17-5-3-2-4-12(13)17/h2-8,10,16,20H,9H2,1H3. The third kappa shape index (κ3) is 2.93. The minimum absolute atomic E-state index is 0.158. The first-order chi connectivity index (χ1) is 10.2. The van der Waals surface area contributed by atoms with Gasteiger partial charge in [0.1, 0.15) is 5.58 Å². The first-order valence-corrected chi connectivity index (χ1v) is 7.52. The van der Waals surface area contributed by atoms with Gasteiger partial charge >= 0.3 is 0 Å². The van der Waals surface area contributed by atoms with Crippen molar-refractivity contribution in [1.82, 2.24) is 5.32 Å². The molecule has 3 aromatic rings. The fourth-order valence-corrected chi connectivity index (χ4v) is 2.86. The Morgan fingerprint density at radius 2 is 1.90 bits per heavy atom. The highest BCUT2D eigenvalue weighted by molar-refractivity contribution is 6.42. The minimum Gasteiger partial charge on any atom is -0.464 e. The number of para-hydroxylation sites is 1. The van der Waals surface area contributed by atoms with Crippen molar-refractivity contribution in [2.75, 3.05) is 7.05 Å². The number of furan rings is 1. The van der Waals surface area contributed by atoms with E-state index < -0.39 is 0 Å². The Morgan fingerprint density at radius 3 is 2.67 bits per heavy atom. The Balaban J connectivity index is 1.93. The summed E-state index contributed by atoms with van der Waals surface area (Å²) in [6, 6.07) is 14.0. The van der Waals surface area contributed by atoms with Crippen LogP contribution in [-0.4, -0.2) is 7.05 Å². The molecule has 0 amide bonds. The SMILES string of the molecule is CNC(Cc1ccc(Cl)c(Cl)c1)c1coc2ccccc12.